The molecule has 0 fully saturated rings. The first-order chi connectivity index (χ1) is 8.58. The molecule has 0 spiro atoms. The third-order valence-corrected chi connectivity index (χ3v) is 2.94. The molecule has 4 heteroatoms. The molecule has 0 saturated heterocycles. The second kappa shape index (κ2) is 5.40. The molecule has 4 nitrogen and oxygen atoms in total. The zero-order valence-electron chi connectivity index (χ0n) is 11.1. The van der Waals surface area contributed by atoms with Crippen LogP contribution < -0.4 is 11.1 Å². The van der Waals surface area contributed by atoms with Crippen LogP contribution in [-0.4, -0.2) is 17.2 Å². The predicted octanol–water partition coefficient (Wildman–Crippen LogP) is 2.23. The SMILES string of the molecule is CC(CNC(C)C)Cn1c(=O)oc2ccccc21. The average molecular weight is 248 g/mol. The Hall–Kier alpha value is -1.55. The van der Waals surface area contributed by atoms with Crippen LogP contribution in [0.4, 0.5) is 0 Å². The van der Waals surface area contributed by atoms with E-state index in [0.29, 0.717) is 24.1 Å². The average Bonchev–Trinajstić information content (AvgIpc) is 2.64. The molecule has 0 saturated carbocycles. The topological polar surface area (TPSA) is 47.2 Å². The van der Waals surface area contributed by atoms with Gasteiger partial charge in [0.1, 0.15) is 0 Å². The van der Waals surface area contributed by atoms with Gasteiger partial charge in [-0.05, 0) is 24.6 Å². The van der Waals surface area contributed by atoms with Crippen molar-refractivity contribution < 1.29 is 4.42 Å². The van der Waals surface area contributed by atoms with E-state index >= 15 is 0 Å². The summed E-state index contributed by atoms with van der Waals surface area (Å²) in [5.74, 6) is 0.110. The normalized spacial score (nSPS) is 13.3. The lowest BCUT2D eigenvalue weighted by molar-refractivity contribution is 0.405. The van der Waals surface area contributed by atoms with E-state index in [2.05, 4.69) is 26.1 Å². The highest BCUT2D eigenvalue weighted by Crippen LogP contribution is 2.13. The minimum Gasteiger partial charge on any atom is -0.408 e. The number of para-hydroxylation sites is 2. The van der Waals surface area contributed by atoms with Gasteiger partial charge >= 0.3 is 5.76 Å². The Bertz CT molecular complexity index is 568. The van der Waals surface area contributed by atoms with Gasteiger partial charge in [0.15, 0.2) is 5.58 Å². The highest BCUT2D eigenvalue weighted by molar-refractivity contribution is 5.72. The maximum atomic E-state index is 11.8. The molecule has 0 bridgehead atoms. The van der Waals surface area contributed by atoms with Crippen LogP contribution in [0.2, 0.25) is 0 Å². The summed E-state index contributed by atoms with van der Waals surface area (Å²) in [5.41, 5.74) is 1.53. The highest BCUT2D eigenvalue weighted by Gasteiger charge is 2.11. The van der Waals surface area contributed by atoms with Gasteiger partial charge in [-0.3, -0.25) is 4.57 Å². The fraction of sp³-hybridized carbons (Fsp3) is 0.500. The molecule has 1 N–H and O–H groups in total. The van der Waals surface area contributed by atoms with E-state index in [1.807, 2.05) is 24.3 Å². The predicted molar refractivity (Wildman–Crippen MR) is 72.8 cm³/mol. The number of nitrogens with one attached hydrogen (secondary N) is 1. The Morgan fingerprint density at radius 2 is 2.00 bits per heavy atom. The number of aromatic nitrogens is 1. The van der Waals surface area contributed by atoms with Crippen molar-refractivity contribution in [2.45, 2.75) is 33.4 Å². The van der Waals surface area contributed by atoms with Crippen LogP contribution >= 0.6 is 0 Å². The van der Waals surface area contributed by atoms with Crippen molar-refractivity contribution >= 4 is 11.1 Å². The Labute approximate surface area is 107 Å². The van der Waals surface area contributed by atoms with Crippen LogP contribution in [0.3, 0.4) is 0 Å². The molecule has 2 rings (SSSR count). The zero-order valence-corrected chi connectivity index (χ0v) is 11.1. The first-order valence-electron chi connectivity index (χ1n) is 6.39. The van der Waals surface area contributed by atoms with Crippen LogP contribution in [0.15, 0.2) is 33.5 Å². The summed E-state index contributed by atoms with van der Waals surface area (Å²) in [6.45, 7) is 7.93. The van der Waals surface area contributed by atoms with Crippen LogP contribution in [0.25, 0.3) is 11.1 Å². The molecule has 0 aliphatic heterocycles. The number of fused-ring (bicyclic) bond motifs is 1. The summed E-state index contributed by atoms with van der Waals surface area (Å²) >= 11 is 0. The van der Waals surface area contributed by atoms with Crippen LogP contribution in [0, 0.1) is 5.92 Å². The number of oxazole rings is 1. The lowest BCUT2D eigenvalue weighted by atomic mass is 10.1. The molecule has 1 heterocycles. The molecule has 0 aliphatic carbocycles. The number of hydrogen-bond acceptors (Lipinski definition) is 3. The molecule has 1 unspecified atom stereocenters. The van der Waals surface area contributed by atoms with Gasteiger partial charge in [-0.1, -0.05) is 32.9 Å². The zero-order chi connectivity index (χ0) is 13.1. The first kappa shape index (κ1) is 12.9. The van der Waals surface area contributed by atoms with Crippen molar-refractivity contribution in [2.75, 3.05) is 6.54 Å². The molecule has 98 valence electrons. The Kier molecular flexibility index (Phi) is 3.87. The van der Waals surface area contributed by atoms with Crippen molar-refractivity contribution in [3.8, 4) is 0 Å². The van der Waals surface area contributed by atoms with Crippen molar-refractivity contribution in [1.29, 1.82) is 0 Å². The number of benzene rings is 1. The molecule has 2 aromatic rings. The summed E-state index contributed by atoms with van der Waals surface area (Å²) in [7, 11) is 0. The Morgan fingerprint density at radius 3 is 2.72 bits per heavy atom. The highest BCUT2D eigenvalue weighted by atomic mass is 16.4. The summed E-state index contributed by atoms with van der Waals surface area (Å²) in [5, 5.41) is 3.38. The maximum absolute atomic E-state index is 11.8. The standard InChI is InChI=1S/C14H20N2O2/c1-10(2)15-8-11(3)9-16-12-6-4-5-7-13(12)18-14(16)17/h4-7,10-11,15H,8-9H2,1-3H3. The summed E-state index contributed by atoms with van der Waals surface area (Å²) in [6.07, 6.45) is 0. The quantitative estimate of drug-likeness (QED) is 0.882. The largest absolute Gasteiger partial charge is 0.419 e. The second-order valence-corrected chi connectivity index (χ2v) is 5.11. The van der Waals surface area contributed by atoms with Gasteiger partial charge in [0.2, 0.25) is 0 Å². The summed E-state index contributed by atoms with van der Waals surface area (Å²) in [4.78, 5) is 11.8. The Morgan fingerprint density at radius 1 is 1.28 bits per heavy atom. The smallest absolute Gasteiger partial charge is 0.408 e. The number of rotatable bonds is 5. The molecule has 1 atom stereocenters. The minimum absolute atomic E-state index is 0.271. The van der Waals surface area contributed by atoms with Crippen LogP contribution in [0.5, 0.6) is 0 Å². The molecular weight excluding hydrogens is 228 g/mol. The van der Waals surface area contributed by atoms with E-state index in [1.165, 1.54) is 0 Å². The third kappa shape index (κ3) is 2.82. The lowest BCUT2D eigenvalue weighted by Gasteiger charge is -2.14. The van der Waals surface area contributed by atoms with E-state index in [1.54, 1.807) is 4.57 Å². The van der Waals surface area contributed by atoms with E-state index in [9.17, 15) is 4.79 Å². The van der Waals surface area contributed by atoms with Gasteiger partial charge in [0.25, 0.3) is 0 Å². The molecule has 1 aromatic heterocycles. The maximum Gasteiger partial charge on any atom is 0.419 e. The minimum atomic E-state index is -0.271. The second-order valence-electron chi connectivity index (χ2n) is 5.11. The number of hydrogen-bond donors (Lipinski definition) is 1. The van der Waals surface area contributed by atoms with Crippen LogP contribution in [0.1, 0.15) is 20.8 Å². The van der Waals surface area contributed by atoms with E-state index in [0.717, 1.165) is 12.1 Å². The summed E-state index contributed by atoms with van der Waals surface area (Å²) in [6, 6.07) is 8.00. The van der Waals surface area contributed by atoms with Crippen LogP contribution in [-0.2, 0) is 6.54 Å². The monoisotopic (exact) mass is 248 g/mol. The van der Waals surface area contributed by atoms with Crippen molar-refractivity contribution in [3.63, 3.8) is 0 Å². The van der Waals surface area contributed by atoms with Gasteiger partial charge in [0.05, 0.1) is 5.52 Å². The molecule has 1 aromatic carbocycles. The molecule has 0 aliphatic rings. The molecule has 18 heavy (non-hydrogen) atoms. The van der Waals surface area contributed by atoms with Gasteiger partial charge in [0, 0.05) is 12.6 Å². The number of nitrogens with zero attached hydrogens (tertiary/aromatic N) is 1. The molecule has 0 radical (unpaired) electrons. The van der Waals surface area contributed by atoms with Gasteiger partial charge in [-0.2, -0.15) is 0 Å². The fourth-order valence-corrected chi connectivity index (χ4v) is 2.00. The van der Waals surface area contributed by atoms with Gasteiger partial charge < -0.3 is 9.73 Å². The van der Waals surface area contributed by atoms with E-state index < -0.39 is 0 Å². The first-order valence-corrected chi connectivity index (χ1v) is 6.39. The molecule has 0 amide bonds. The van der Waals surface area contributed by atoms with Crippen molar-refractivity contribution in [2.24, 2.45) is 5.92 Å². The van der Waals surface area contributed by atoms with Gasteiger partial charge in [-0.25, -0.2) is 4.79 Å². The van der Waals surface area contributed by atoms with E-state index in [-0.39, 0.29) is 5.76 Å². The third-order valence-electron chi connectivity index (χ3n) is 2.94. The molecular formula is C14H20N2O2. The fourth-order valence-electron chi connectivity index (χ4n) is 2.00. The van der Waals surface area contributed by atoms with E-state index in [4.69, 9.17) is 4.42 Å². The lowest BCUT2D eigenvalue weighted by Crippen LogP contribution is -2.31. The van der Waals surface area contributed by atoms with Crippen molar-refractivity contribution in [1.82, 2.24) is 9.88 Å². The summed E-state index contributed by atoms with van der Waals surface area (Å²) < 4.78 is 6.92. The Balaban J connectivity index is 2.16. The van der Waals surface area contributed by atoms with Gasteiger partial charge in [-0.15, -0.1) is 0 Å². The van der Waals surface area contributed by atoms with Crippen molar-refractivity contribution in [3.05, 3.63) is 34.8 Å².